The van der Waals surface area contributed by atoms with Crippen molar-refractivity contribution in [3.63, 3.8) is 0 Å². The van der Waals surface area contributed by atoms with Crippen LogP contribution >= 0.6 is 0 Å². The quantitative estimate of drug-likeness (QED) is 0.827. The lowest BCUT2D eigenvalue weighted by atomic mass is 9.96. The number of carbonyl (C=O) groups excluding carboxylic acids is 1. The molecule has 6 nitrogen and oxygen atoms in total. The SMILES string of the molecule is CCOCC(=O)N1CCC(Cn2cnc3cc(F)ccc3c2=O)CC1. The van der Waals surface area contributed by atoms with E-state index in [1.54, 1.807) is 4.57 Å². The smallest absolute Gasteiger partial charge is 0.261 e. The first-order valence-corrected chi connectivity index (χ1v) is 8.58. The molecule has 1 aromatic carbocycles. The molecule has 0 radical (unpaired) electrons. The predicted octanol–water partition coefficient (Wildman–Crippen LogP) is 1.81. The van der Waals surface area contributed by atoms with E-state index in [-0.39, 0.29) is 18.1 Å². The van der Waals surface area contributed by atoms with Crippen molar-refractivity contribution in [1.29, 1.82) is 0 Å². The van der Waals surface area contributed by atoms with Gasteiger partial charge in [-0.25, -0.2) is 9.37 Å². The molecule has 134 valence electrons. The molecule has 0 spiro atoms. The number of aromatic nitrogens is 2. The largest absolute Gasteiger partial charge is 0.372 e. The van der Waals surface area contributed by atoms with Crippen LogP contribution < -0.4 is 5.56 Å². The van der Waals surface area contributed by atoms with Crippen LogP contribution in [-0.2, 0) is 16.1 Å². The molecule has 1 fully saturated rings. The van der Waals surface area contributed by atoms with Gasteiger partial charge in [-0.3, -0.25) is 14.2 Å². The molecule has 1 saturated heterocycles. The monoisotopic (exact) mass is 347 g/mol. The summed E-state index contributed by atoms with van der Waals surface area (Å²) >= 11 is 0. The van der Waals surface area contributed by atoms with E-state index in [0.717, 1.165) is 12.8 Å². The first-order chi connectivity index (χ1) is 12.1. The van der Waals surface area contributed by atoms with Gasteiger partial charge in [-0.2, -0.15) is 0 Å². The second-order valence-electron chi connectivity index (χ2n) is 6.32. The van der Waals surface area contributed by atoms with Gasteiger partial charge in [0.25, 0.3) is 5.56 Å². The van der Waals surface area contributed by atoms with Gasteiger partial charge in [-0.1, -0.05) is 0 Å². The molecule has 1 aliphatic rings. The van der Waals surface area contributed by atoms with E-state index in [9.17, 15) is 14.0 Å². The van der Waals surface area contributed by atoms with E-state index in [4.69, 9.17) is 4.74 Å². The Balaban J connectivity index is 1.63. The molecule has 1 aliphatic heterocycles. The van der Waals surface area contributed by atoms with Crippen molar-refractivity contribution < 1.29 is 13.9 Å². The van der Waals surface area contributed by atoms with Gasteiger partial charge in [0.05, 0.1) is 17.2 Å². The Labute approximate surface area is 145 Å². The lowest BCUT2D eigenvalue weighted by molar-refractivity contribution is -0.137. The number of rotatable bonds is 5. The lowest BCUT2D eigenvalue weighted by Gasteiger charge is -2.32. The zero-order chi connectivity index (χ0) is 17.8. The standard InChI is InChI=1S/C18H22FN3O3/c1-2-25-11-17(23)21-7-5-13(6-8-21)10-22-12-20-16-9-14(19)3-4-15(16)18(22)24/h3-4,9,12-13H,2,5-8,10-11H2,1H3. The van der Waals surface area contributed by atoms with Gasteiger partial charge < -0.3 is 9.64 Å². The number of nitrogens with zero attached hydrogens (tertiary/aromatic N) is 3. The third-order valence-electron chi connectivity index (χ3n) is 4.64. The third kappa shape index (κ3) is 4.04. The van der Waals surface area contributed by atoms with Gasteiger partial charge in [0.15, 0.2) is 0 Å². The Morgan fingerprint density at radius 3 is 2.84 bits per heavy atom. The highest BCUT2D eigenvalue weighted by molar-refractivity contribution is 5.77. The zero-order valence-electron chi connectivity index (χ0n) is 14.3. The third-order valence-corrected chi connectivity index (χ3v) is 4.64. The topological polar surface area (TPSA) is 64.4 Å². The fourth-order valence-electron chi connectivity index (χ4n) is 3.19. The number of ether oxygens (including phenoxy) is 1. The number of amides is 1. The lowest BCUT2D eigenvalue weighted by Crippen LogP contribution is -2.41. The number of hydrogen-bond acceptors (Lipinski definition) is 4. The summed E-state index contributed by atoms with van der Waals surface area (Å²) in [7, 11) is 0. The molecular weight excluding hydrogens is 325 g/mol. The van der Waals surface area contributed by atoms with Crippen molar-refractivity contribution in [3.8, 4) is 0 Å². The van der Waals surface area contributed by atoms with Crippen LogP contribution in [0.4, 0.5) is 4.39 Å². The predicted molar refractivity (Wildman–Crippen MR) is 91.8 cm³/mol. The summed E-state index contributed by atoms with van der Waals surface area (Å²) in [6.45, 7) is 4.45. The summed E-state index contributed by atoms with van der Waals surface area (Å²) in [6.07, 6.45) is 3.16. The van der Waals surface area contributed by atoms with Gasteiger partial charge in [-0.15, -0.1) is 0 Å². The van der Waals surface area contributed by atoms with Gasteiger partial charge >= 0.3 is 0 Å². The summed E-state index contributed by atoms with van der Waals surface area (Å²) in [6, 6.07) is 4.02. The van der Waals surface area contributed by atoms with Gasteiger partial charge in [-0.05, 0) is 37.8 Å². The van der Waals surface area contributed by atoms with Gasteiger partial charge in [0.1, 0.15) is 12.4 Å². The number of carbonyl (C=O) groups is 1. The maximum atomic E-state index is 13.2. The Morgan fingerprint density at radius 1 is 1.36 bits per heavy atom. The summed E-state index contributed by atoms with van der Waals surface area (Å²) < 4.78 is 20.0. The molecule has 0 aliphatic carbocycles. The van der Waals surface area contributed by atoms with Crippen molar-refractivity contribution in [1.82, 2.24) is 14.5 Å². The number of fused-ring (bicyclic) bond motifs is 1. The van der Waals surface area contributed by atoms with Gasteiger partial charge in [0, 0.05) is 32.3 Å². The highest BCUT2D eigenvalue weighted by atomic mass is 19.1. The summed E-state index contributed by atoms with van der Waals surface area (Å²) in [5.74, 6) is -0.0679. The normalized spacial score (nSPS) is 15.7. The molecule has 0 N–H and O–H groups in total. The fourth-order valence-corrected chi connectivity index (χ4v) is 3.19. The zero-order valence-corrected chi connectivity index (χ0v) is 14.3. The molecule has 0 bridgehead atoms. The van der Waals surface area contributed by atoms with Crippen LogP contribution in [0.3, 0.4) is 0 Å². The van der Waals surface area contributed by atoms with E-state index in [1.165, 1.54) is 24.5 Å². The fraction of sp³-hybridized carbons (Fsp3) is 0.500. The first-order valence-electron chi connectivity index (χ1n) is 8.58. The van der Waals surface area contributed by atoms with Gasteiger partial charge in [0.2, 0.25) is 5.91 Å². The van der Waals surface area contributed by atoms with Crippen LogP contribution in [-0.4, -0.2) is 46.7 Å². The van der Waals surface area contributed by atoms with Crippen LogP contribution in [0, 0.1) is 11.7 Å². The highest BCUT2D eigenvalue weighted by Gasteiger charge is 2.23. The van der Waals surface area contributed by atoms with Crippen molar-refractivity contribution >= 4 is 16.8 Å². The van der Waals surface area contributed by atoms with E-state index in [1.807, 2.05) is 11.8 Å². The van der Waals surface area contributed by atoms with Crippen molar-refractivity contribution in [2.24, 2.45) is 5.92 Å². The van der Waals surface area contributed by atoms with Crippen LogP contribution in [0.25, 0.3) is 10.9 Å². The second kappa shape index (κ2) is 7.74. The second-order valence-corrected chi connectivity index (χ2v) is 6.32. The van der Waals surface area contributed by atoms with Crippen LogP contribution in [0.2, 0.25) is 0 Å². The van der Waals surface area contributed by atoms with E-state index in [2.05, 4.69) is 4.98 Å². The van der Waals surface area contributed by atoms with Crippen LogP contribution in [0.5, 0.6) is 0 Å². The summed E-state index contributed by atoms with van der Waals surface area (Å²) in [5, 5.41) is 0.424. The molecular formula is C18H22FN3O3. The maximum Gasteiger partial charge on any atom is 0.261 e. The average Bonchev–Trinajstić information content (AvgIpc) is 2.62. The Bertz CT molecular complexity index is 813. The number of piperidine rings is 1. The van der Waals surface area contributed by atoms with E-state index < -0.39 is 5.82 Å². The molecule has 2 aromatic rings. The van der Waals surface area contributed by atoms with Crippen molar-refractivity contribution in [2.75, 3.05) is 26.3 Å². The molecule has 1 aromatic heterocycles. The average molecular weight is 347 g/mol. The number of likely N-dealkylation sites (tertiary alicyclic amines) is 1. The van der Waals surface area contributed by atoms with Crippen molar-refractivity contribution in [3.05, 3.63) is 40.7 Å². The molecule has 0 saturated carbocycles. The first kappa shape index (κ1) is 17.5. The maximum absolute atomic E-state index is 13.2. The Hall–Kier alpha value is -2.28. The molecule has 1 amide bonds. The van der Waals surface area contributed by atoms with E-state index in [0.29, 0.717) is 43.1 Å². The molecule has 0 atom stereocenters. The number of benzene rings is 1. The molecule has 3 rings (SSSR count). The summed E-state index contributed by atoms with van der Waals surface area (Å²) in [4.78, 5) is 30.5. The molecule has 25 heavy (non-hydrogen) atoms. The molecule has 7 heteroatoms. The summed E-state index contributed by atoms with van der Waals surface area (Å²) in [5.41, 5.74) is 0.220. The minimum atomic E-state index is -0.402. The molecule has 2 heterocycles. The van der Waals surface area contributed by atoms with Crippen LogP contribution in [0.1, 0.15) is 19.8 Å². The molecule has 0 unspecified atom stereocenters. The Kier molecular flexibility index (Phi) is 5.43. The Morgan fingerprint density at radius 2 is 2.12 bits per heavy atom. The van der Waals surface area contributed by atoms with Crippen LogP contribution in [0.15, 0.2) is 29.3 Å². The van der Waals surface area contributed by atoms with Crippen molar-refractivity contribution in [2.45, 2.75) is 26.3 Å². The number of halogens is 1. The minimum Gasteiger partial charge on any atom is -0.372 e. The van der Waals surface area contributed by atoms with E-state index >= 15 is 0 Å². The number of hydrogen-bond donors (Lipinski definition) is 0. The highest BCUT2D eigenvalue weighted by Crippen LogP contribution is 2.19. The minimum absolute atomic E-state index is 0.0202.